The SMILES string of the molecule is O=C(NCCOc1ccccc1)[C@@H]1CC(=O)N(Cc2cccc(Br)c2)C1. The van der Waals surface area contributed by atoms with Crippen LogP contribution >= 0.6 is 15.9 Å². The van der Waals surface area contributed by atoms with Crippen molar-refractivity contribution in [1.82, 2.24) is 10.2 Å². The molecule has 0 bridgehead atoms. The number of nitrogens with zero attached hydrogens (tertiary/aromatic N) is 1. The summed E-state index contributed by atoms with van der Waals surface area (Å²) in [5.41, 5.74) is 1.05. The molecule has 0 saturated carbocycles. The molecule has 1 fully saturated rings. The molecular formula is C20H21BrN2O3. The van der Waals surface area contributed by atoms with Gasteiger partial charge in [0, 0.05) is 24.0 Å². The summed E-state index contributed by atoms with van der Waals surface area (Å²) in [6.45, 7) is 1.80. The quantitative estimate of drug-likeness (QED) is 0.705. The highest BCUT2D eigenvalue weighted by Crippen LogP contribution is 2.21. The molecule has 1 heterocycles. The van der Waals surface area contributed by atoms with Crippen LogP contribution in [0.25, 0.3) is 0 Å². The second-order valence-corrected chi connectivity index (χ2v) is 7.17. The normalized spacial score (nSPS) is 16.6. The number of carbonyl (C=O) groups excluding carboxylic acids is 2. The topological polar surface area (TPSA) is 58.6 Å². The molecule has 26 heavy (non-hydrogen) atoms. The first-order valence-electron chi connectivity index (χ1n) is 8.59. The lowest BCUT2D eigenvalue weighted by molar-refractivity contribution is -0.129. The Bertz CT molecular complexity index is 767. The number of likely N-dealkylation sites (tertiary alicyclic amines) is 1. The number of nitrogens with one attached hydrogen (secondary N) is 1. The summed E-state index contributed by atoms with van der Waals surface area (Å²) in [6, 6.07) is 17.3. The lowest BCUT2D eigenvalue weighted by Gasteiger charge is -2.17. The summed E-state index contributed by atoms with van der Waals surface area (Å²) in [6.07, 6.45) is 0.263. The fourth-order valence-electron chi connectivity index (χ4n) is 2.96. The molecule has 6 heteroatoms. The van der Waals surface area contributed by atoms with Gasteiger partial charge in [0.1, 0.15) is 12.4 Å². The Kier molecular flexibility index (Phi) is 6.28. The van der Waals surface area contributed by atoms with Gasteiger partial charge in [-0.05, 0) is 29.8 Å². The van der Waals surface area contributed by atoms with Gasteiger partial charge in [0.25, 0.3) is 0 Å². The first-order chi connectivity index (χ1) is 12.6. The van der Waals surface area contributed by atoms with Gasteiger partial charge in [-0.15, -0.1) is 0 Å². The molecule has 0 radical (unpaired) electrons. The average molecular weight is 417 g/mol. The summed E-state index contributed by atoms with van der Waals surface area (Å²) < 4.78 is 6.54. The van der Waals surface area contributed by atoms with Gasteiger partial charge in [-0.25, -0.2) is 0 Å². The number of amides is 2. The minimum Gasteiger partial charge on any atom is -0.492 e. The fraction of sp³-hybridized carbons (Fsp3) is 0.300. The summed E-state index contributed by atoms with van der Waals surface area (Å²) >= 11 is 3.43. The zero-order chi connectivity index (χ0) is 18.4. The zero-order valence-corrected chi connectivity index (χ0v) is 15.9. The van der Waals surface area contributed by atoms with Gasteiger partial charge in [0.05, 0.1) is 12.5 Å². The van der Waals surface area contributed by atoms with Crippen molar-refractivity contribution in [1.29, 1.82) is 0 Å². The van der Waals surface area contributed by atoms with Gasteiger partial charge in [0.2, 0.25) is 11.8 Å². The largest absolute Gasteiger partial charge is 0.492 e. The summed E-state index contributed by atoms with van der Waals surface area (Å²) in [5, 5.41) is 2.86. The van der Waals surface area contributed by atoms with Crippen molar-refractivity contribution < 1.29 is 14.3 Å². The van der Waals surface area contributed by atoms with Crippen LogP contribution in [0.3, 0.4) is 0 Å². The maximum Gasteiger partial charge on any atom is 0.225 e. The van der Waals surface area contributed by atoms with E-state index >= 15 is 0 Å². The van der Waals surface area contributed by atoms with E-state index in [1.807, 2.05) is 54.6 Å². The van der Waals surface area contributed by atoms with Gasteiger partial charge < -0.3 is 15.0 Å². The Morgan fingerprint density at radius 3 is 2.77 bits per heavy atom. The van der Waals surface area contributed by atoms with Crippen LogP contribution < -0.4 is 10.1 Å². The van der Waals surface area contributed by atoms with E-state index in [1.54, 1.807) is 4.90 Å². The number of benzene rings is 2. The number of carbonyl (C=O) groups is 2. The highest BCUT2D eigenvalue weighted by atomic mass is 79.9. The van der Waals surface area contributed by atoms with E-state index in [0.29, 0.717) is 26.2 Å². The predicted molar refractivity (Wildman–Crippen MR) is 103 cm³/mol. The minimum absolute atomic E-state index is 0.0191. The summed E-state index contributed by atoms with van der Waals surface area (Å²) in [4.78, 5) is 26.2. The van der Waals surface area contributed by atoms with Crippen LogP contribution in [-0.4, -0.2) is 36.4 Å². The van der Waals surface area contributed by atoms with Crippen molar-refractivity contribution in [3.8, 4) is 5.75 Å². The number of para-hydroxylation sites is 1. The number of hydrogen-bond donors (Lipinski definition) is 1. The number of rotatable bonds is 7. The number of halogens is 1. The molecule has 2 amide bonds. The molecule has 3 rings (SSSR count). The Morgan fingerprint density at radius 1 is 1.19 bits per heavy atom. The van der Waals surface area contributed by atoms with Crippen molar-refractivity contribution in [2.45, 2.75) is 13.0 Å². The van der Waals surface area contributed by atoms with Crippen LogP contribution in [0, 0.1) is 5.92 Å². The smallest absolute Gasteiger partial charge is 0.225 e. The van der Waals surface area contributed by atoms with Crippen molar-refractivity contribution in [3.05, 3.63) is 64.6 Å². The number of ether oxygens (including phenoxy) is 1. The van der Waals surface area contributed by atoms with Gasteiger partial charge >= 0.3 is 0 Å². The molecule has 136 valence electrons. The standard InChI is InChI=1S/C20H21BrN2O3/c21-17-6-4-5-15(11-17)13-23-14-16(12-19(23)24)20(25)22-9-10-26-18-7-2-1-3-8-18/h1-8,11,16H,9-10,12-14H2,(H,22,25)/t16-/m1/s1. The van der Waals surface area contributed by atoms with Crippen molar-refractivity contribution in [3.63, 3.8) is 0 Å². The third kappa shape index (κ3) is 5.08. The summed E-state index contributed by atoms with van der Waals surface area (Å²) in [5.74, 6) is 0.404. The molecule has 1 aliphatic rings. The average Bonchev–Trinajstić information content (AvgIpc) is 3.00. The molecule has 0 aliphatic carbocycles. The van der Waals surface area contributed by atoms with E-state index in [9.17, 15) is 9.59 Å². The molecule has 1 saturated heterocycles. The van der Waals surface area contributed by atoms with E-state index in [-0.39, 0.29) is 24.2 Å². The predicted octanol–water partition coefficient (Wildman–Crippen LogP) is 2.99. The van der Waals surface area contributed by atoms with Gasteiger partial charge in [-0.3, -0.25) is 9.59 Å². The zero-order valence-electron chi connectivity index (χ0n) is 14.4. The van der Waals surface area contributed by atoms with Gasteiger partial charge in [0.15, 0.2) is 0 Å². The van der Waals surface area contributed by atoms with E-state index in [4.69, 9.17) is 4.74 Å². The first kappa shape index (κ1) is 18.5. The lowest BCUT2D eigenvalue weighted by Crippen LogP contribution is -2.35. The molecule has 5 nitrogen and oxygen atoms in total. The van der Waals surface area contributed by atoms with E-state index < -0.39 is 0 Å². The minimum atomic E-state index is -0.300. The van der Waals surface area contributed by atoms with Crippen LogP contribution in [0.1, 0.15) is 12.0 Å². The second-order valence-electron chi connectivity index (χ2n) is 6.26. The molecular weight excluding hydrogens is 396 g/mol. The van der Waals surface area contributed by atoms with Crippen LogP contribution in [0.15, 0.2) is 59.1 Å². The lowest BCUT2D eigenvalue weighted by atomic mass is 10.1. The monoisotopic (exact) mass is 416 g/mol. The number of hydrogen-bond acceptors (Lipinski definition) is 3. The maximum absolute atomic E-state index is 12.3. The molecule has 1 N–H and O–H groups in total. The molecule has 0 unspecified atom stereocenters. The summed E-state index contributed by atoms with van der Waals surface area (Å²) in [7, 11) is 0. The molecule has 1 aliphatic heterocycles. The third-order valence-corrected chi connectivity index (χ3v) is 4.75. The van der Waals surface area contributed by atoms with Crippen LogP contribution in [0.4, 0.5) is 0 Å². The van der Waals surface area contributed by atoms with E-state index in [2.05, 4.69) is 21.2 Å². The fourth-order valence-corrected chi connectivity index (χ4v) is 3.41. The molecule has 2 aromatic rings. The van der Waals surface area contributed by atoms with Gasteiger partial charge in [-0.2, -0.15) is 0 Å². The van der Waals surface area contributed by atoms with Gasteiger partial charge in [-0.1, -0.05) is 46.3 Å². The highest BCUT2D eigenvalue weighted by Gasteiger charge is 2.34. The molecule has 2 aromatic carbocycles. The van der Waals surface area contributed by atoms with Crippen molar-refractivity contribution in [2.75, 3.05) is 19.7 Å². The highest BCUT2D eigenvalue weighted by molar-refractivity contribution is 9.10. The van der Waals surface area contributed by atoms with Crippen LogP contribution in [0.5, 0.6) is 5.75 Å². The molecule has 0 spiro atoms. The van der Waals surface area contributed by atoms with E-state index in [1.165, 1.54) is 0 Å². The second kappa shape index (κ2) is 8.85. The van der Waals surface area contributed by atoms with Crippen LogP contribution in [0.2, 0.25) is 0 Å². The van der Waals surface area contributed by atoms with Crippen LogP contribution in [-0.2, 0) is 16.1 Å². The first-order valence-corrected chi connectivity index (χ1v) is 9.39. The maximum atomic E-state index is 12.3. The van der Waals surface area contributed by atoms with Crippen molar-refractivity contribution in [2.24, 2.45) is 5.92 Å². The van der Waals surface area contributed by atoms with E-state index in [0.717, 1.165) is 15.8 Å². The van der Waals surface area contributed by atoms with Crippen molar-refractivity contribution >= 4 is 27.7 Å². The Hall–Kier alpha value is -2.34. The Balaban J connectivity index is 1.43. The molecule has 1 atom stereocenters. The Labute approximate surface area is 161 Å². The molecule has 0 aromatic heterocycles. The third-order valence-electron chi connectivity index (χ3n) is 4.26. The Morgan fingerprint density at radius 2 is 2.00 bits per heavy atom.